The van der Waals surface area contributed by atoms with Gasteiger partial charge in [0, 0.05) is 27.2 Å². The van der Waals surface area contributed by atoms with Crippen molar-refractivity contribution in [2.75, 3.05) is 4.90 Å². The Morgan fingerprint density at radius 2 is 1.97 bits per heavy atom. The predicted octanol–water partition coefficient (Wildman–Crippen LogP) is 7.00. The summed E-state index contributed by atoms with van der Waals surface area (Å²) in [5, 5.41) is 8.23. The topological polar surface area (TPSA) is 51.0 Å². The minimum atomic E-state index is -0.620. The van der Waals surface area contributed by atoms with E-state index in [-0.39, 0.29) is 22.5 Å². The highest BCUT2D eigenvalue weighted by Gasteiger charge is 2.49. The van der Waals surface area contributed by atoms with Crippen molar-refractivity contribution in [3.63, 3.8) is 0 Å². The maximum absolute atomic E-state index is 15.5. The minimum Gasteiger partial charge on any atom is -0.292 e. The number of thiazole rings is 1. The first-order chi connectivity index (χ1) is 16.3. The summed E-state index contributed by atoms with van der Waals surface area (Å²) in [5.74, 6) is -0.881. The van der Waals surface area contributed by atoms with Gasteiger partial charge in [0.1, 0.15) is 0 Å². The Bertz CT molecular complexity index is 1510. The van der Waals surface area contributed by atoms with E-state index in [9.17, 15) is 4.79 Å². The van der Waals surface area contributed by atoms with Crippen molar-refractivity contribution in [3.8, 4) is 11.1 Å². The van der Waals surface area contributed by atoms with Gasteiger partial charge < -0.3 is 0 Å². The second kappa shape index (κ2) is 7.63. The van der Waals surface area contributed by atoms with E-state index < -0.39 is 11.9 Å². The van der Waals surface area contributed by atoms with E-state index in [2.05, 4.69) is 18.8 Å². The molecule has 0 saturated carbocycles. The maximum atomic E-state index is 15.5. The Labute approximate surface area is 209 Å². The van der Waals surface area contributed by atoms with Crippen LogP contribution in [-0.4, -0.2) is 20.7 Å². The first kappa shape index (κ1) is 21.8. The van der Waals surface area contributed by atoms with E-state index in [1.54, 1.807) is 23.5 Å². The van der Waals surface area contributed by atoms with Gasteiger partial charge in [0.2, 0.25) is 0 Å². The lowest BCUT2D eigenvalue weighted by atomic mass is 9.85. The second-order valence-corrected chi connectivity index (χ2v) is 10.8. The number of hydrogen-bond donors (Lipinski definition) is 0. The molecule has 1 amide bonds. The van der Waals surface area contributed by atoms with Gasteiger partial charge in [-0.05, 0) is 42.2 Å². The molecule has 2 aromatic carbocycles. The van der Waals surface area contributed by atoms with Crippen molar-refractivity contribution in [1.29, 1.82) is 0 Å². The molecule has 0 saturated heterocycles. The quantitative estimate of drug-likeness (QED) is 0.297. The smallest absolute Gasteiger partial charge is 0.280 e. The molecule has 1 unspecified atom stereocenters. The highest BCUT2D eigenvalue weighted by atomic mass is 35.5. The molecule has 0 N–H and O–H groups in total. The molecule has 172 valence electrons. The molecule has 0 aliphatic carbocycles. The lowest BCUT2D eigenvalue weighted by Crippen LogP contribution is -2.34. The number of carbonyl (C=O) groups excluding carboxylic acids is 1. The first-order valence-electron chi connectivity index (χ1n) is 10.9. The third-order valence-electron chi connectivity index (χ3n) is 6.42. The van der Waals surface area contributed by atoms with Gasteiger partial charge in [0.05, 0.1) is 34.0 Å². The van der Waals surface area contributed by atoms with Gasteiger partial charge in [0.15, 0.2) is 11.5 Å². The Hall–Kier alpha value is -2.74. The van der Waals surface area contributed by atoms with Crippen LogP contribution in [0.2, 0.25) is 10.0 Å². The Morgan fingerprint density at radius 3 is 2.68 bits per heavy atom. The highest BCUT2D eigenvalue weighted by molar-refractivity contribution is 7.09. The van der Waals surface area contributed by atoms with Gasteiger partial charge in [-0.3, -0.25) is 14.4 Å². The predicted molar refractivity (Wildman–Crippen MR) is 133 cm³/mol. The number of halogens is 3. The molecule has 9 heteroatoms. The fourth-order valence-electron chi connectivity index (χ4n) is 5.16. The highest BCUT2D eigenvalue weighted by Crippen LogP contribution is 2.55. The average Bonchev–Trinajstić information content (AvgIpc) is 3.44. The lowest BCUT2D eigenvalue weighted by Gasteiger charge is -2.35. The third kappa shape index (κ3) is 3.00. The Morgan fingerprint density at radius 1 is 1.18 bits per heavy atom. The van der Waals surface area contributed by atoms with Crippen LogP contribution in [0.5, 0.6) is 0 Å². The lowest BCUT2D eigenvalue weighted by molar-refractivity contribution is 0.0986. The van der Waals surface area contributed by atoms with Crippen LogP contribution in [-0.2, 0) is 6.54 Å². The largest absolute Gasteiger partial charge is 0.292 e. The van der Waals surface area contributed by atoms with Crippen LogP contribution in [0.1, 0.15) is 63.8 Å². The molecule has 5 nitrogen and oxygen atoms in total. The number of aromatic nitrogens is 3. The molecule has 4 heterocycles. The molecule has 0 radical (unpaired) electrons. The van der Waals surface area contributed by atoms with E-state index in [0.717, 1.165) is 33.1 Å². The average molecular weight is 513 g/mol. The van der Waals surface area contributed by atoms with Crippen LogP contribution < -0.4 is 4.90 Å². The summed E-state index contributed by atoms with van der Waals surface area (Å²) in [6.07, 6.45) is 0. The van der Waals surface area contributed by atoms with Crippen molar-refractivity contribution in [2.45, 2.75) is 39.3 Å². The molecular weight excluding hydrogens is 494 g/mol. The number of benzene rings is 2. The van der Waals surface area contributed by atoms with E-state index in [4.69, 9.17) is 28.3 Å². The number of carbonyl (C=O) groups is 1. The standard InChI is InChI=1S/C25H19Cl2FN4OS/c1-11(2)22-19-21(30-31(22)9-14-10-34-12(3)29-14)25(33)32-23(19)15-5-4-13(26)8-17(15)16-6-7-18(27)20(28)24(16)32/h4-8,10-11,23H,9H2,1-3H3. The summed E-state index contributed by atoms with van der Waals surface area (Å²) >= 11 is 14.1. The molecule has 1 atom stereocenters. The maximum Gasteiger partial charge on any atom is 0.280 e. The Balaban J connectivity index is 1.62. The molecular formula is C25H19Cl2FN4OS. The molecule has 2 aliphatic heterocycles. The number of anilines is 1. The van der Waals surface area contributed by atoms with E-state index >= 15 is 4.39 Å². The minimum absolute atomic E-state index is 0.0339. The van der Waals surface area contributed by atoms with Gasteiger partial charge in [-0.15, -0.1) is 11.3 Å². The molecule has 0 fully saturated rings. The van der Waals surface area contributed by atoms with Crippen molar-refractivity contribution in [2.24, 2.45) is 0 Å². The van der Waals surface area contributed by atoms with Crippen LogP contribution in [0.4, 0.5) is 10.1 Å². The van der Waals surface area contributed by atoms with Crippen molar-refractivity contribution in [1.82, 2.24) is 14.8 Å². The van der Waals surface area contributed by atoms with Crippen LogP contribution in [0, 0.1) is 12.7 Å². The van der Waals surface area contributed by atoms with E-state index in [0.29, 0.717) is 22.8 Å². The number of amides is 1. The number of fused-ring (bicyclic) bond motifs is 8. The third-order valence-corrected chi connectivity index (χ3v) is 7.77. The first-order valence-corrected chi connectivity index (χ1v) is 12.5. The van der Waals surface area contributed by atoms with E-state index in [1.807, 2.05) is 29.1 Å². The molecule has 0 spiro atoms. The summed E-state index contributed by atoms with van der Waals surface area (Å²) in [7, 11) is 0. The molecule has 6 rings (SSSR count). The summed E-state index contributed by atoms with van der Waals surface area (Å²) < 4.78 is 17.3. The zero-order valence-electron chi connectivity index (χ0n) is 18.6. The zero-order valence-corrected chi connectivity index (χ0v) is 20.9. The van der Waals surface area contributed by atoms with Crippen LogP contribution in [0.3, 0.4) is 0 Å². The molecule has 4 aromatic rings. The fraction of sp³-hybridized carbons (Fsp3) is 0.240. The molecule has 0 bridgehead atoms. The SMILES string of the molecule is Cc1nc(Cn2nc3c(c2C(C)C)C2c4ccc(Cl)cc4-c4ccc(Cl)c(F)c4N2C3=O)cs1. The van der Waals surface area contributed by atoms with Crippen molar-refractivity contribution in [3.05, 3.63) is 84.8 Å². The van der Waals surface area contributed by atoms with Crippen molar-refractivity contribution < 1.29 is 9.18 Å². The summed E-state index contributed by atoms with van der Waals surface area (Å²) in [6, 6.07) is 8.27. The molecule has 2 aromatic heterocycles. The summed E-state index contributed by atoms with van der Waals surface area (Å²) in [4.78, 5) is 19.9. The monoisotopic (exact) mass is 512 g/mol. The van der Waals surface area contributed by atoms with Gasteiger partial charge in [-0.2, -0.15) is 5.10 Å². The number of nitrogens with zero attached hydrogens (tertiary/aromatic N) is 4. The zero-order chi connectivity index (χ0) is 23.9. The normalized spacial score (nSPS) is 16.0. The van der Waals surface area contributed by atoms with Gasteiger partial charge in [-0.1, -0.05) is 49.2 Å². The number of aryl methyl sites for hydroxylation is 1. The fourth-order valence-corrected chi connectivity index (χ4v) is 6.09. The van der Waals surface area contributed by atoms with E-state index in [1.165, 1.54) is 11.0 Å². The van der Waals surface area contributed by atoms with Gasteiger partial charge in [0.25, 0.3) is 5.91 Å². The Kier molecular flexibility index (Phi) is 4.89. The molecule has 2 aliphatic rings. The van der Waals surface area contributed by atoms with Crippen LogP contribution >= 0.6 is 34.5 Å². The number of hydrogen-bond acceptors (Lipinski definition) is 4. The number of rotatable bonds is 3. The van der Waals surface area contributed by atoms with Crippen molar-refractivity contribution >= 4 is 46.1 Å². The van der Waals surface area contributed by atoms with Crippen LogP contribution in [0.15, 0.2) is 35.7 Å². The van der Waals surface area contributed by atoms with Gasteiger partial charge >= 0.3 is 0 Å². The molecule has 34 heavy (non-hydrogen) atoms. The summed E-state index contributed by atoms with van der Waals surface area (Å²) in [6.45, 7) is 6.58. The van der Waals surface area contributed by atoms with Gasteiger partial charge in [-0.25, -0.2) is 9.37 Å². The summed E-state index contributed by atoms with van der Waals surface area (Å²) in [5.41, 5.74) is 5.42. The second-order valence-electron chi connectivity index (χ2n) is 8.88. The van der Waals surface area contributed by atoms with Crippen LogP contribution in [0.25, 0.3) is 11.1 Å².